The number of hydrogen-bond donors (Lipinski definition) is 1. The van der Waals surface area contributed by atoms with Crippen LogP contribution in [-0.2, 0) is 14.9 Å². The highest BCUT2D eigenvalue weighted by molar-refractivity contribution is 5.71. The second-order valence-electron chi connectivity index (χ2n) is 7.56. The van der Waals surface area contributed by atoms with Crippen LogP contribution >= 0.6 is 0 Å². The third-order valence-corrected chi connectivity index (χ3v) is 4.46. The molecular formula is C19H30N2O2. The van der Waals surface area contributed by atoms with Gasteiger partial charge in [0.25, 0.3) is 0 Å². The molecule has 4 heteroatoms. The number of benzene rings is 1. The highest BCUT2D eigenvalue weighted by atomic mass is 16.5. The molecule has 0 bridgehead atoms. The summed E-state index contributed by atoms with van der Waals surface area (Å²) in [5.41, 5.74) is 9.02. The van der Waals surface area contributed by atoms with Gasteiger partial charge in [0.15, 0.2) is 0 Å². The third-order valence-electron chi connectivity index (χ3n) is 4.46. The van der Waals surface area contributed by atoms with E-state index in [2.05, 4.69) is 49.9 Å². The maximum atomic E-state index is 11.7. The van der Waals surface area contributed by atoms with Gasteiger partial charge in [0, 0.05) is 19.1 Å². The number of carbonyl (C=O) groups excluding carboxylic acids is 1. The Labute approximate surface area is 140 Å². The Morgan fingerprint density at radius 1 is 1.26 bits per heavy atom. The average molecular weight is 318 g/mol. The number of likely N-dealkylation sites (tertiary alicyclic amines) is 1. The minimum absolute atomic E-state index is 0.102. The fourth-order valence-corrected chi connectivity index (χ4v) is 3.25. The van der Waals surface area contributed by atoms with Crippen LogP contribution in [0.5, 0.6) is 0 Å². The summed E-state index contributed by atoms with van der Waals surface area (Å²) in [5.74, 6) is 0.214. The molecule has 1 aromatic rings. The van der Waals surface area contributed by atoms with Gasteiger partial charge in [-0.25, -0.2) is 0 Å². The van der Waals surface area contributed by atoms with Crippen molar-refractivity contribution in [2.45, 2.75) is 51.5 Å². The summed E-state index contributed by atoms with van der Waals surface area (Å²) in [6.07, 6.45) is 0.966. The number of ether oxygens (including phenoxy) is 1. The second-order valence-corrected chi connectivity index (χ2v) is 7.56. The number of nitrogens with two attached hydrogens (primary N) is 1. The molecular weight excluding hydrogens is 288 g/mol. The van der Waals surface area contributed by atoms with E-state index in [1.807, 2.05) is 6.92 Å². The molecule has 1 aliphatic rings. The van der Waals surface area contributed by atoms with Crippen LogP contribution in [-0.4, -0.2) is 43.2 Å². The third kappa shape index (κ3) is 5.05. The molecule has 0 saturated carbocycles. The molecule has 0 spiro atoms. The molecule has 2 unspecified atom stereocenters. The Morgan fingerprint density at radius 3 is 2.48 bits per heavy atom. The van der Waals surface area contributed by atoms with Crippen molar-refractivity contribution in [3.8, 4) is 0 Å². The van der Waals surface area contributed by atoms with Crippen LogP contribution in [0, 0.1) is 0 Å². The van der Waals surface area contributed by atoms with Crippen LogP contribution in [0.4, 0.5) is 0 Å². The SMILES string of the molecule is CCOC(=O)CN1CC(N)CC(c2ccc(C(C)(C)C)cc2)C1. The highest BCUT2D eigenvalue weighted by Crippen LogP contribution is 2.29. The lowest BCUT2D eigenvalue weighted by Crippen LogP contribution is -2.48. The molecule has 23 heavy (non-hydrogen) atoms. The molecule has 2 N–H and O–H groups in total. The molecule has 0 aromatic heterocycles. The first-order valence-corrected chi connectivity index (χ1v) is 8.53. The first-order chi connectivity index (χ1) is 10.8. The van der Waals surface area contributed by atoms with E-state index in [1.165, 1.54) is 11.1 Å². The van der Waals surface area contributed by atoms with Gasteiger partial charge in [-0.2, -0.15) is 0 Å². The molecule has 128 valence electrons. The lowest BCUT2D eigenvalue weighted by atomic mass is 9.83. The van der Waals surface area contributed by atoms with Crippen LogP contribution in [0.1, 0.15) is 51.2 Å². The fourth-order valence-electron chi connectivity index (χ4n) is 3.25. The van der Waals surface area contributed by atoms with Crippen molar-refractivity contribution in [2.24, 2.45) is 5.73 Å². The molecule has 2 atom stereocenters. The largest absolute Gasteiger partial charge is 0.465 e. The monoisotopic (exact) mass is 318 g/mol. The molecule has 1 heterocycles. The fraction of sp³-hybridized carbons (Fsp3) is 0.632. The summed E-state index contributed by atoms with van der Waals surface area (Å²) >= 11 is 0. The lowest BCUT2D eigenvalue weighted by Gasteiger charge is -2.36. The molecule has 4 nitrogen and oxygen atoms in total. The van der Waals surface area contributed by atoms with E-state index >= 15 is 0 Å². The van der Waals surface area contributed by atoms with Crippen LogP contribution in [0.25, 0.3) is 0 Å². The van der Waals surface area contributed by atoms with E-state index in [0.717, 1.165) is 19.5 Å². The Bertz CT molecular complexity index is 519. The number of esters is 1. The smallest absolute Gasteiger partial charge is 0.320 e. The Morgan fingerprint density at radius 2 is 1.91 bits per heavy atom. The van der Waals surface area contributed by atoms with Gasteiger partial charge >= 0.3 is 5.97 Å². The first kappa shape index (κ1) is 18.0. The van der Waals surface area contributed by atoms with E-state index < -0.39 is 0 Å². The zero-order valence-electron chi connectivity index (χ0n) is 14.8. The van der Waals surface area contributed by atoms with E-state index in [1.54, 1.807) is 0 Å². The van der Waals surface area contributed by atoms with Gasteiger partial charge in [-0.15, -0.1) is 0 Å². The Kier molecular flexibility index (Phi) is 5.82. The van der Waals surface area contributed by atoms with Crippen molar-refractivity contribution in [1.82, 2.24) is 4.90 Å². The minimum atomic E-state index is -0.163. The number of hydrogen-bond acceptors (Lipinski definition) is 4. The predicted molar refractivity (Wildman–Crippen MR) is 93.5 cm³/mol. The van der Waals surface area contributed by atoms with Crippen molar-refractivity contribution in [2.75, 3.05) is 26.2 Å². The van der Waals surface area contributed by atoms with Crippen LogP contribution in [0.3, 0.4) is 0 Å². The molecule has 0 radical (unpaired) electrons. The molecule has 0 aliphatic carbocycles. The van der Waals surface area contributed by atoms with Gasteiger partial charge in [-0.3, -0.25) is 9.69 Å². The standard InChI is InChI=1S/C19H30N2O2/c1-5-23-18(22)13-21-11-15(10-17(20)12-21)14-6-8-16(9-7-14)19(2,3)4/h6-9,15,17H,5,10-13,20H2,1-4H3. The van der Waals surface area contributed by atoms with Crippen molar-refractivity contribution in [1.29, 1.82) is 0 Å². The molecule has 1 aromatic carbocycles. The number of carbonyl (C=O) groups is 1. The van der Waals surface area contributed by atoms with Crippen molar-refractivity contribution >= 4 is 5.97 Å². The molecule has 1 fully saturated rings. The predicted octanol–water partition coefficient (Wildman–Crippen LogP) is 2.66. The quantitative estimate of drug-likeness (QED) is 0.867. The maximum Gasteiger partial charge on any atom is 0.320 e. The first-order valence-electron chi connectivity index (χ1n) is 8.53. The second kappa shape index (κ2) is 7.45. The molecule has 1 aliphatic heterocycles. The zero-order chi connectivity index (χ0) is 17.0. The summed E-state index contributed by atoms with van der Waals surface area (Å²) in [6.45, 7) is 10.9. The van der Waals surface area contributed by atoms with Crippen LogP contribution in [0.15, 0.2) is 24.3 Å². The summed E-state index contributed by atoms with van der Waals surface area (Å²) in [5, 5.41) is 0. The normalized spacial score (nSPS) is 22.8. The number of nitrogens with zero attached hydrogens (tertiary/aromatic N) is 1. The van der Waals surface area contributed by atoms with E-state index in [-0.39, 0.29) is 17.4 Å². The van der Waals surface area contributed by atoms with Gasteiger partial charge in [0.05, 0.1) is 13.2 Å². The summed E-state index contributed by atoms with van der Waals surface area (Å²) in [4.78, 5) is 13.8. The number of rotatable bonds is 4. The summed E-state index contributed by atoms with van der Waals surface area (Å²) in [7, 11) is 0. The minimum Gasteiger partial charge on any atom is -0.465 e. The van der Waals surface area contributed by atoms with Crippen molar-refractivity contribution < 1.29 is 9.53 Å². The molecule has 2 rings (SSSR count). The Balaban J connectivity index is 2.05. The molecule has 1 saturated heterocycles. The topological polar surface area (TPSA) is 55.6 Å². The van der Waals surface area contributed by atoms with Crippen LogP contribution < -0.4 is 5.73 Å². The summed E-state index contributed by atoms with van der Waals surface area (Å²) in [6, 6.07) is 8.96. The molecule has 0 amide bonds. The van der Waals surface area contributed by atoms with E-state index in [0.29, 0.717) is 19.1 Å². The van der Waals surface area contributed by atoms with Crippen molar-refractivity contribution in [3.05, 3.63) is 35.4 Å². The van der Waals surface area contributed by atoms with Gasteiger partial charge in [-0.05, 0) is 35.8 Å². The highest BCUT2D eigenvalue weighted by Gasteiger charge is 2.28. The van der Waals surface area contributed by atoms with E-state index in [9.17, 15) is 4.79 Å². The van der Waals surface area contributed by atoms with Gasteiger partial charge in [0.2, 0.25) is 0 Å². The summed E-state index contributed by atoms with van der Waals surface area (Å²) < 4.78 is 5.05. The van der Waals surface area contributed by atoms with Gasteiger partial charge in [-0.1, -0.05) is 45.0 Å². The average Bonchev–Trinajstić information content (AvgIpc) is 2.46. The van der Waals surface area contributed by atoms with Gasteiger partial charge < -0.3 is 10.5 Å². The van der Waals surface area contributed by atoms with Crippen LogP contribution in [0.2, 0.25) is 0 Å². The van der Waals surface area contributed by atoms with E-state index in [4.69, 9.17) is 10.5 Å². The number of piperidine rings is 1. The van der Waals surface area contributed by atoms with Gasteiger partial charge in [0.1, 0.15) is 0 Å². The zero-order valence-corrected chi connectivity index (χ0v) is 14.8. The Hall–Kier alpha value is -1.39. The maximum absolute atomic E-state index is 11.7. The lowest BCUT2D eigenvalue weighted by molar-refractivity contribution is -0.144. The van der Waals surface area contributed by atoms with Crippen molar-refractivity contribution in [3.63, 3.8) is 0 Å².